The Bertz CT molecular complexity index is 321. The summed E-state index contributed by atoms with van der Waals surface area (Å²) in [5.41, 5.74) is 1.22. The van der Waals surface area contributed by atoms with Crippen molar-refractivity contribution in [3.8, 4) is 0 Å². The highest BCUT2D eigenvalue weighted by molar-refractivity contribution is 7.98. The largest absolute Gasteiger partial charge is 0.269 e. The number of alkyl halides is 1. The van der Waals surface area contributed by atoms with E-state index < -0.39 is 0 Å². The molecule has 0 unspecified atom stereocenters. The van der Waals surface area contributed by atoms with Gasteiger partial charge in [-0.15, -0.1) is 11.6 Å². The van der Waals surface area contributed by atoms with Crippen LogP contribution in [0.4, 0.5) is 0 Å². The van der Waals surface area contributed by atoms with Crippen molar-refractivity contribution < 1.29 is 0 Å². The summed E-state index contributed by atoms with van der Waals surface area (Å²) in [4.78, 5) is 0. The van der Waals surface area contributed by atoms with Crippen LogP contribution in [0.15, 0.2) is 12.3 Å². The molecule has 96 valence electrons. The maximum Gasteiger partial charge on any atom is 0.0723 e. The summed E-state index contributed by atoms with van der Waals surface area (Å²) in [6, 6.07) is 2.83. The fourth-order valence-corrected chi connectivity index (χ4v) is 3.48. The van der Waals surface area contributed by atoms with Gasteiger partial charge in [-0.05, 0) is 31.1 Å². The number of rotatable bonds is 6. The van der Waals surface area contributed by atoms with Gasteiger partial charge in [0.05, 0.1) is 11.7 Å². The summed E-state index contributed by atoms with van der Waals surface area (Å²) in [7, 11) is 0. The molecule has 0 bridgehead atoms. The third-order valence-corrected chi connectivity index (χ3v) is 4.63. The second-order valence-corrected chi connectivity index (χ2v) is 6.16. The van der Waals surface area contributed by atoms with Crippen LogP contribution in [0.5, 0.6) is 0 Å². The Balaban J connectivity index is 1.78. The molecular weight excluding hydrogens is 252 g/mol. The molecule has 2 nitrogen and oxygen atoms in total. The first-order chi connectivity index (χ1) is 8.40. The number of hydrogen-bond donors (Lipinski definition) is 0. The molecule has 0 aromatic carbocycles. The molecule has 0 aliphatic heterocycles. The van der Waals surface area contributed by atoms with E-state index in [0.29, 0.717) is 6.04 Å². The van der Waals surface area contributed by atoms with E-state index >= 15 is 0 Å². The van der Waals surface area contributed by atoms with Crippen molar-refractivity contribution in [3.63, 3.8) is 0 Å². The number of thioether (sulfide) groups is 1. The molecule has 0 atom stereocenters. The molecule has 0 amide bonds. The molecule has 1 aromatic heterocycles. The maximum absolute atomic E-state index is 5.66. The SMILES string of the molecule is ClCCCSCc1ccn(C2CCCCC2)n1. The summed E-state index contributed by atoms with van der Waals surface area (Å²) in [6.07, 6.45) is 10.00. The lowest BCUT2D eigenvalue weighted by Gasteiger charge is -2.21. The van der Waals surface area contributed by atoms with Crippen LogP contribution in [0.1, 0.15) is 50.3 Å². The van der Waals surface area contributed by atoms with Crippen LogP contribution in [0.25, 0.3) is 0 Å². The molecule has 0 radical (unpaired) electrons. The van der Waals surface area contributed by atoms with Crippen molar-refractivity contribution in [2.24, 2.45) is 0 Å². The number of hydrogen-bond acceptors (Lipinski definition) is 2. The average Bonchev–Trinajstić information content (AvgIpc) is 2.85. The van der Waals surface area contributed by atoms with Gasteiger partial charge in [0.15, 0.2) is 0 Å². The fourth-order valence-electron chi connectivity index (χ4n) is 2.34. The van der Waals surface area contributed by atoms with E-state index in [9.17, 15) is 0 Å². The van der Waals surface area contributed by atoms with Gasteiger partial charge < -0.3 is 0 Å². The van der Waals surface area contributed by atoms with E-state index in [1.54, 1.807) is 0 Å². The van der Waals surface area contributed by atoms with Crippen LogP contribution in [0.2, 0.25) is 0 Å². The second kappa shape index (κ2) is 7.32. The van der Waals surface area contributed by atoms with Crippen molar-refractivity contribution in [1.29, 1.82) is 0 Å². The van der Waals surface area contributed by atoms with Crippen LogP contribution in [-0.4, -0.2) is 21.4 Å². The Morgan fingerprint density at radius 3 is 2.94 bits per heavy atom. The molecule has 0 N–H and O–H groups in total. The molecule has 1 aromatic rings. The molecule has 0 saturated heterocycles. The zero-order valence-corrected chi connectivity index (χ0v) is 11.8. The lowest BCUT2D eigenvalue weighted by molar-refractivity contribution is 0.328. The van der Waals surface area contributed by atoms with Gasteiger partial charge in [-0.2, -0.15) is 16.9 Å². The monoisotopic (exact) mass is 272 g/mol. The molecule has 1 aliphatic carbocycles. The molecule has 0 spiro atoms. The van der Waals surface area contributed by atoms with Crippen molar-refractivity contribution in [2.75, 3.05) is 11.6 Å². The molecule has 4 heteroatoms. The van der Waals surface area contributed by atoms with Gasteiger partial charge in [0.25, 0.3) is 0 Å². The molecule has 1 aliphatic rings. The van der Waals surface area contributed by atoms with Gasteiger partial charge in [0.2, 0.25) is 0 Å². The Kier molecular flexibility index (Phi) is 5.72. The Morgan fingerprint density at radius 2 is 2.18 bits per heavy atom. The third kappa shape index (κ3) is 4.22. The predicted octanol–water partition coefficient (Wildman–Crippen LogP) is 4.25. The van der Waals surface area contributed by atoms with Gasteiger partial charge >= 0.3 is 0 Å². The van der Waals surface area contributed by atoms with Crippen LogP contribution in [0.3, 0.4) is 0 Å². The number of nitrogens with zero attached hydrogens (tertiary/aromatic N) is 2. The highest BCUT2D eigenvalue weighted by Gasteiger charge is 2.15. The highest BCUT2D eigenvalue weighted by atomic mass is 35.5. The average molecular weight is 273 g/mol. The van der Waals surface area contributed by atoms with E-state index in [0.717, 1.165) is 23.8 Å². The summed E-state index contributed by atoms with van der Waals surface area (Å²) in [5, 5.41) is 4.69. The lowest BCUT2D eigenvalue weighted by atomic mass is 9.96. The normalized spacial score (nSPS) is 17.5. The Labute approximate surface area is 113 Å². The maximum atomic E-state index is 5.66. The Hall–Kier alpha value is -0.150. The quantitative estimate of drug-likeness (QED) is 0.569. The smallest absolute Gasteiger partial charge is 0.0723 e. The van der Waals surface area contributed by atoms with Gasteiger partial charge in [0.1, 0.15) is 0 Å². The zero-order chi connectivity index (χ0) is 11.9. The first kappa shape index (κ1) is 13.3. The molecule has 1 saturated carbocycles. The summed E-state index contributed by atoms with van der Waals surface area (Å²) >= 11 is 7.59. The topological polar surface area (TPSA) is 17.8 Å². The van der Waals surface area contributed by atoms with Gasteiger partial charge in [-0.25, -0.2) is 0 Å². The van der Waals surface area contributed by atoms with Crippen LogP contribution >= 0.6 is 23.4 Å². The van der Waals surface area contributed by atoms with Gasteiger partial charge in [-0.1, -0.05) is 19.3 Å². The van der Waals surface area contributed by atoms with Crippen molar-refractivity contribution >= 4 is 23.4 Å². The second-order valence-electron chi connectivity index (χ2n) is 4.67. The van der Waals surface area contributed by atoms with E-state index in [1.807, 2.05) is 11.8 Å². The summed E-state index contributed by atoms with van der Waals surface area (Å²) < 4.78 is 2.19. The minimum absolute atomic E-state index is 0.658. The standard InChI is InChI=1S/C13H21ClN2S/c14-8-4-10-17-11-12-7-9-16(15-12)13-5-2-1-3-6-13/h7,9,13H,1-6,8,10-11H2. The van der Waals surface area contributed by atoms with E-state index in [1.165, 1.54) is 37.8 Å². The molecular formula is C13H21ClN2S. The van der Waals surface area contributed by atoms with E-state index in [4.69, 9.17) is 16.7 Å². The Morgan fingerprint density at radius 1 is 1.35 bits per heavy atom. The minimum atomic E-state index is 0.658. The van der Waals surface area contributed by atoms with Crippen molar-refractivity contribution in [1.82, 2.24) is 9.78 Å². The molecule has 17 heavy (non-hydrogen) atoms. The number of aromatic nitrogens is 2. The summed E-state index contributed by atoms with van der Waals surface area (Å²) in [6.45, 7) is 0. The van der Waals surface area contributed by atoms with Gasteiger partial charge in [-0.3, -0.25) is 4.68 Å². The van der Waals surface area contributed by atoms with Crippen LogP contribution in [0, 0.1) is 0 Å². The molecule has 1 fully saturated rings. The van der Waals surface area contributed by atoms with Crippen molar-refractivity contribution in [3.05, 3.63) is 18.0 Å². The zero-order valence-electron chi connectivity index (χ0n) is 10.3. The predicted molar refractivity (Wildman–Crippen MR) is 75.8 cm³/mol. The molecule has 2 rings (SSSR count). The van der Waals surface area contributed by atoms with Gasteiger partial charge in [0, 0.05) is 17.8 Å². The first-order valence-electron chi connectivity index (χ1n) is 6.58. The van der Waals surface area contributed by atoms with Crippen molar-refractivity contribution in [2.45, 2.75) is 50.3 Å². The lowest BCUT2D eigenvalue weighted by Crippen LogP contribution is -2.13. The molecule has 1 heterocycles. The summed E-state index contributed by atoms with van der Waals surface area (Å²) in [5.74, 6) is 2.93. The van der Waals surface area contributed by atoms with E-state index in [-0.39, 0.29) is 0 Å². The fraction of sp³-hybridized carbons (Fsp3) is 0.769. The first-order valence-corrected chi connectivity index (χ1v) is 8.27. The minimum Gasteiger partial charge on any atom is -0.269 e. The third-order valence-electron chi connectivity index (χ3n) is 3.28. The van der Waals surface area contributed by atoms with Crippen LogP contribution < -0.4 is 0 Å². The van der Waals surface area contributed by atoms with Crippen LogP contribution in [-0.2, 0) is 5.75 Å². The number of halogens is 1. The van der Waals surface area contributed by atoms with E-state index in [2.05, 4.69) is 16.9 Å². The highest BCUT2D eigenvalue weighted by Crippen LogP contribution is 2.27.